The molecule has 3 aromatic rings. The van der Waals surface area contributed by atoms with Crippen molar-refractivity contribution in [2.45, 2.75) is 58.7 Å². The number of alkyl halides is 1. The number of carbonyl (C=O) groups is 1. The van der Waals surface area contributed by atoms with Crippen LogP contribution in [-0.4, -0.2) is 44.8 Å². The summed E-state index contributed by atoms with van der Waals surface area (Å²) in [6, 6.07) is 9.77. The van der Waals surface area contributed by atoms with Crippen molar-refractivity contribution in [2.75, 3.05) is 14.1 Å². The number of halogens is 1. The van der Waals surface area contributed by atoms with E-state index >= 15 is 0 Å². The Balaban J connectivity index is 0.00000132. The smallest absolute Gasteiger partial charge is 0.278 e. The molecular formula is C23H30FN5O2. The van der Waals surface area contributed by atoms with Crippen LogP contribution < -0.4 is 0 Å². The highest BCUT2D eigenvalue weighted by Gasteiger charge is 2.50. The number of nitrogens with zero attached hydrogens (tertiary/aromatic N) is 5. The van der Waals surface area contributed by atoms with Gasteiger partial charge in [0, 0.05) is 14.1 Å². The summed E-state index contributed by atoms with van der Waals surface area (Å²) in [4.78, 5) is 18.1. The third-order valence-corrected chi connectivity index (χ3v) is 5.49. The van der Waals surface area contributed by atoms with E-state index in [1.165, 1.54) is 27.6 Å². The monoisotopic (exact) mass is 427 g/mol. The van der Waals surface area contributed by atoms with Crippen molar-refractivity contribution >= 4 is 5.91 Å². The quantitative estimate of drug-likeness (QED) is 0.580. The first kappa shape index (κ1) is 22.7. The van der Waals surface area contributed by atoms with Crippen molar-refractivity contribution in [2.24, 2.45) is 0 Å². The second-order valence-electron chi connectivity index (χ2n) is 7.84. The summed E-state index contributed by atoms with van der Waals surface area (Å²) < 4.78 is 20.9. The fourth-order valence-electron chi connectivity index (χ4n) is 3.62. The summed E-state index contributed by atoms with van der Waals surface area (Å²) in [6.07, 6.45) is 0.625. The van der Waals surface area contributed by atoms with Crippen LogP contribution in [0.25, 0.3) is 11.6 Å². The Morgan fingerprint density at radius 2 is 1.97 bits per heavy atom. The Morgan fingerprint density at radius 1 is 1.29 bits per heavy atom. The minimum atomic E-state index is -1.28. The number of hydrogen-bond acceptors (Lipinski definition) is 5. The number of carbonyl (C=O) groups excluding carboxylic acids is 1. The molecular weight excluding hydrogens is 397 g/mol. The molecule has 0 radical (unpaired) electrons. The van der Waals surface area contributed by atoms with E-state index in [4.69, 9.17) is 4.52 Å². The number of aromatic nitrogens is 4. The molecule has 166 valence electrons. The van der Waals surface area contributed by atoms with E-state index in [-0.39, 0.29) is 23.8 Å². The van der Waals surface area contributed by atoms with Crippen LogP contribution in [0.2, 0.25) is 0 Å². The van der Waals surface area contributed by atoms with Crippen LogP contribution in [0.4, 0.5) is 4.39 Å². The second kappa shape index (κ2) is 8.99. The second-order valence-corrected chi connectivity index (χ2v) is 7.84. The average Bonchev–Trinajstić information content (AvgIpc) is 3.20. The normalized spacial score (nSPS) is 15.1. The van der Waals surface area contributed by atoms with Gasteiger partial charge in [-0.05, 0) is 43.9 Å². The van der Waals surface area contributed by atoms with Crippen molar-refractivity contribution < 1.29 is 13.7 Å². The average molecular weight is 428 g/mol. The van der Waals surface area contributed by atoms with Gasteiger partial charge in [0.2, 0.25) is 5.91 Å². The van der Waals surface area contributed by atoms with Crippen molar-refractivity contribution in [3.8, 4) is 11.6 Å². The zero-order valence-electron chi connectivity index (χ0n) is 19.0. The summed E-state index contributed by atoms with van der Waals surface area (Å²) >= 11 is 0. The summed E-state index contributed by atoms with van der Waals surface area (Å²) in [5.41, 5.74) is 2.83. The highest BCUT2D eigenvalue weighted by molar-refractivity contribution is 5.75. The molecule has 1 fully saturated rings. The molecule has 8 heteroatoms. The highest BCUT2D eigenvalue weighted by atomic mass is 19.1. The predicted octanol–water partition coefficient (Wildman–Crippen LogP) is 4.47. The van der Waals surface area contributed by atoms with E-state index in [1.807, 2.05) is 26.0 Å². The third-order valence-electron chi connectivity index (χ3n) is 5.49. The van der Waals surface area contributed by atoms with E-state index < -0.39 is 6.17 Å². The minimum Gasteiger partial charge on any atom is -0.347 e. The van der Waals surface area contributed by atoms with Gasteiger partial charge in [-0.2, -0.15) is 10.1 Å². The van der Waals surface area contributed by atoms with Crippen molar-refractivity contribution in [3.63, 3.8) is 0 Å². The van der Waals surface area contributed by atoms with Gasteiger partial charge in [0.1, 0.15) is 12.7 Å². The number of benzene rings is 1. The molecule has 1 amide bonds. The lowest BCUT2D eigenvalue weighted by atomic mass is 9.91. The standard InChI is InChI=1S/C21H24FN5O2.C2H6/c1-13-7-5-6-8-15(13)21(9-10-21)20-23-19(29-25-20)16-11-17(14(2)22)27(24-16)12-18(28)26(3)4;1-2/h5-8,11,14H,9-10,12H2,1-4H3;1-2H3. The first-order valence-electron chi connectivity index (χ1n) is 10.6. The Kier molecular flexibility index (Phi) is 6.57. The van der Waals surface area contributed by atoms with Gasteiger partial charge in [-0.1, -0.05) is 43.3 Å². The lowest BCUT2D eigenvalue weighted by Crippen LogP contribution is -2.27. The molecule has 0 bridgehead atoms. The maximum Gasteiger partial charge on any atom is 0.278 e. The molecule has 1 aromatic carbocycles. The molecule has 31 heavy (non-hydrogen) atoms. The van der Waals surface area contributed by atoms with Gasteiger partial charge in [-0.3, -0.25) is 9.48 Å². The Hall–Kier alpha value is -3.03. The molecule has 1 saturated carbocycles. The van der Waals surface area contributed by atoms with Gasteiger partial charge < -0.3 is 9.42 Å². The maximum atomic E-state index is 14.1. The fraction of sp³-hybridized carbons (Fsp3) is 0.478. The van der Waals surface area contributed by atoms with Gasteiger partial charge in [0.25, 0.3) is 5.89 Å². The van der Waals surface area contributed by atoms with Gasteiger partial charge in [0.15, 0.2) is 11.5 Å². The Morgan fingerprint density at radius 3 is 2.55 bits per heavy atom. The number of rotatable bonds is 6. The number of aryl methyl sites for hydroxylation is 1. The molecule has 1 aliphatic rings. The first-order chi connectivity index (χ1) is 14.8. The lowest BCUT2D eigenvalue weighted by Gasteiger charge is -2.13. The topological polar surface area (TPSA) is 77.0 Å². The molecule has 7 nitrogen and oxygen atoms in total. The van der Waals surface area contributed by atoms with Gasteiger partial charge in [0.05, 0.1) is 11.1 Å². The molecule has 2 aromatic heterocycles. The molecule has 0 aliphatic heterocycles. The molecule has 0 saturated heterocycles. The van der Waals surface area contributed by atoms with Gasteiger partial charge >= 0.3 is 0 Å². The zero-order chi connectivity index (χ0) is 22.8. The molecule has 2 heterocycles. The van der Waals surface area contributed by atoms with Gasteiger partial charge in [-0.25, -0.2) is 4.39 Å². The maximum absolute atomic E-state index is 14.1. The highest BCUT2D eigenvalue weighted by Crippen LogP contribution is 2.53. The lowest BCUT2D eigenvalue weighted by molar-refractivity contribution is -0.129. The van der Waals surface area contributed by atoms with Crippen LogP contribution in [0.3, 0.4) is 0 Å². The molecule has 0 spiro atoms. The Labute approximate surface area is 182 Å². The summed E-state index contributed by atoms with van der Waals surface area (Å²) in [5, 5.41) is 8.58. The van der Waals surface area contributed by atoms with Crippen LogP contribution in [-0.2, 0) is 16.8 Å². The SMILES string of the molecule is CC.Cc1ccccc1C1(c2noc(-c3cc(C(C)F)n(CC(=O)N(C)C)n3)n2)CC1. The van der Waals surface area contributed by atoms with E-state index in [9.17, 15) is 9.18 Å². The van der Waals surface area contributed by atoms with E-state index in [0.29, 0.717) is 17.2 Å². The minimum absolute atomic E-state index is 0.0509. The molecule has 4 rings (SSSR count). The van der Waals surface area contributed by atoms with Crippen LogP contribution in [0, 0.1) is 6.92 Å². The van der Waals surface area contributed by atoms with Gasteiger partial charge in [-0.15, -0.1) is 0 Å². The Bertz CT molecular complexity index is 1050. The van der Waals surface area contributed by atoms with E-state index in [2.05, 4.69) is 34.3 Å². The van der Waals surface area contributed by atoms with Crippen molar-refractivity contribution in [1.82, 2.24) is 24.8 Å². The summed E-state index contributed by atoms with van der Waals surface area (Å²) in [7, 11) is 3.30. The van der Waals surface area contributed by atoms with Crippen LogP contribution in [0.5, 0.6) is 0 Å². The number of hydrogen-bond donors (Lipinski definition) is 0. The van der Waals surface area contributed by atoms with Crippen LogP contribution in [0.15, 0.2) is 34.9 Å². The predicted molar refractivity (Wildman–Crippen MR) is 116 cm³/mol. The molecule has 0 N–H and O–H groups in total. The molecule has 1 aliphatic carbocycles. The van der Waals surface area contributed by atoms with E-state index in [1.54, 1.807) is 20.2 Å². The number of amides is 1. The fourth-order valence-corrected chi connectivity index (χ4v) is 3.62. The van der Waals surface area contributed by atoms with Crippen molar-refractivity contribution in [3.05, 3.63) is 53.0 Å². The molecule has 1 atom stereocenters. The summed E-state index contributed by atoms with van der Waals surface area (Å²) in [5.74, 6) is 0.678. The van der Waals surface area contributed by atoms with E-state index in [0.717, 1.165) is 12.8 Å². The third kappa shape index (κ3) is 4.38. The van der Waals surface area contributed by atoms with Crippen molar-refractivity contribution in [1.29, 1.82) is 0 Å². The van der Waals surface area contributed by atoms with Crippen LogP contribution >= 0.6 is 0 Å². The first-order valence-corrected chi connectivity index (χ1v) is 10.6. The summed E-state index contributed by atoms with van der Waals surface area (Å²) in [6.45, 7) is 7.44. The zero-order valence-corrected chi connectivity index (χ0v) is 19.0. The molecule has 1 unspecified atom stereocenters. The van der Waals surface area contributed by atoms with Crippen LogP contribution in [0.1, 0.15) is 62.4 Å². The number of likely N-dealkylation sites (N-methyl/N-ethyl adjacent to an activating group) is 1. The largest absolute Gasteiger partial charge is 0.347 e.